The number of esters is 1. The number of nitrogens with zero attached hydrogens (tertiary/aromatic N) is 4. The Morgan fingerprint density at radius 1 is 1.41 bits per heavy atom. The molecule has 4 heterocycles. The summed E-state index contributed by atoms with van der Waals surface area (Å²) in [5, 5.41) is 9.18. The molecule has 148 valence electrons. The monoisotopic (exact) mass is 427 g/mol. The molecule has 1 atom stereocenters. The van der Waals surface area contributed by atoms with Crippen molar-refractivity contribution >= 4 is 56.1 Å². The minimum Gasteiger partial charge on any atom is -0.466 e. The first-order valence-corrected chi connectivity index (χ1v) is 10.7. The second-order valence-corrected chi connectivity index (χ2v) is 8.39. The molecule has 29 heavy (non-hydrogen) atoms. The Morgan fingerprint density at radius 2 is 2.31 bits per heavy atom. The highest BCUT2D eigenvalue weighted by molar-refractivity contribution is 7.19. The smallest absolute Gasteiger partial charge is 0.309 e. The van der Waals surface area contributed by atoms with Crippen LogP contribution in [0.1, 0.15) is 23.8 Å². The van der Waals surface area contributed by atoms with E-state index in [4.69, 9.17) is 16.3 Å². The van der Waals surface area contributed by atoms with E-state index in [1.165, 1.54) is 10.4 Å². The molecule has 0 amide bonds. The van der Waals surface area contributed by atoms with Crippen molar-refractivity contribution in [3.05, 3.63) is 46.3 Å². The molecule has 5 rings (SSSR count). The topological polar surface area (TPSA) is 81.4 Å². The van der Waals surface area contributed by atoms with Crippen molar-refractivity contribution in [2.24, 2.45) is 5.92 Å². The highest BCUT2D eigenvalue weighted by Crippen LogP contribution is 2.41. The molecule has 9 heteroatoms. The maximum Gasteiger partial charge on any atom is 0.309 e. The summed E-state index contributed by atoms with van der Waals surface area (Å²) in [5.41, 5.74) is 2.81. The molecule has 0 spiro atoms. The summed E-state index contributed by atoms with van der Waals surface area (Å²) >= 11 is 8.20. The number of hydrogen-bond donors (Lipinski definition) is 1. The molecule has 0 fully saturated rings. The molecule has 0 saturated heterocycles. The van der Waals surface area contributed by atoms with Gasteiger partial charge in [0.2, 0.25) is 0 Å². The average molecular weight is 428 g/mol. The van der Waals surface area contributed by atoms with Gasteiger partial charge >= 0.3 is 5.97 Å². The molecular formula is C20H18ClN5O2S. The maximum atomic E-state index is 12.2. The van der Waals surface area contributed by atoms with Crippen LogP contribution in [0.25, 0.3) is 15.7 Å². The van der Waals surface area contributed by atoms with Crippen molar-refractivity contribution in [3.63, 3.8) is 0 Å². The number of carbonyl (C=O) groups excluding carboxylic acids is 1. The molecule has 0 saturated carbocycles. The van der Waals surface area contributed by atoms with E-state index in [2.05, 4.69) is 20.4 Å². The number of pyridine rings is 1. The quantitative estimate of drug-likeness (QED) is 0.486. The van der Waals surface area contributed by atoms with Crippen molar-refractivity contribution < 1.29 is 9.53 Å². The van der Waals surface area contributed by atoms with E-state index < -0.39 is 0 Å². The van der Waals surface area contributed by atoms with Gasteiger partial charge in [-0.15, -0.1) is 11.3 Å². The van der Waals surface area contributed by atoms with Crippen molar-refractivity contribution in [2.45, 2.75) is 26.2 Å². The first-order valence-electron chi connectivity index (χ1n) is 9.46. The van der Waals surface area contributed by atoms with E-state index in [0.29, 0.717) is 18.1 Å². The number of anilines is 2. The van der Waals surface area contributed by atoms with Gasteiger partial charge in [-0.3, -0.25) is 4.79 Å². The van der Waals surface area contributed by atoms with Gasteiger partial charge in [0.05, 0.1) is 40.3 Å². The standard InChI is InChI=1S/C20H18ClN5O2S/c1-2-28-20(27)11-3-4-12-15(9-11)29-19-16(12)18(22-10-23-19)25-13-6-8-26-14(17(13)21)5-7-24-26/h5-8,10-11H,2-4,9H2,1H3,(H,22,23,25). The second kappa shape index (κ2) is 7.27. The molecule has 1 N–H and O–H groups in total. The van der Waals surface area contributed by atoms with Gasteiger partial charge in [-0.05, 0) is 43.9 Å². The van der Waals surface area contributed by atoms with Gasteiger partial charge in [-0.25, -0.2) is 14.5 Å². The first kappa shape index (κ1) is 18.3. The van der Waals surface area contributed by atoms with E-state index in [9.17, 15) is 4.79 Å². The predicted octanol–water partition coefficient (Wildman–Crippen LogP) is 4.40. The third-order valence-corrected chi connectivity index (χ3v) is 6.79. The highest BCUT2D eigenvalue weighted by Gasteiger charge is 2.30. The van der Waals surface area contributed by atoms with Gasteiger partial charge in [0.25, 0.3) is 0 Å². The number of fused-ring (bicyclic) bond motifs is 4. The van der Waals surface area contributed by atoms with Crippen LogP contribution in [-0.4, -0.2) is 32.2 Å². The minimum absolute atomic E-state index is 0.0846. The largest absolute Gasteiger partial charge is 0.466 e. The molecule has 0 radical (unpaired) electrons. The van der Waals surface area contributed by atoms with E-state index in [-0.39, 0.29) is 11.9 Å². The molecular weight excluding hydrogens is 410 g/mol. The van der Waals surface area contributed by atoms with Crippen molar-refractivity contribution in [2.75, 3.05) is 11.9 Å². The van der Waals surface area contributed by atoms with Crippen LogP contribution in [0.2, 0.25) is 5.02 Å². The summed E-state index contributed by atoms with van der Waals surface area (Å²) in [6.45, 7) is 2.25. The van der Waals surface area contributed by atoms with Crippen LogP contribution in [0.5, 0.6) is 0 Å². The zero-order chi connectivity index (χ0) is 20.0. The Balaban J connectivity index is 1.52. The number of halogens is 1. The Bertz CT molecular complexity index is 1230. The highest BCUT2D eigenvalue weighted by atomic mass is 35.5. The van der Waals surface area contributed by atoms with E-state index >= 15 is 0 Å². The fourth-order valence-electron chi connectivity index (χ4n) is 3.85. The van der Waals surface area contributed by atoms with Crippen molar-refractivity contribution in [1.82, 2.24) is 19.6 Å². The van der Waals surface area contributed by atoms with Gasteiger partial charge in [0, 0.05) is 11.1 Å². The van der Waals surface area contributed by atoms with Crippen LogP contribution < -0.4 is 5.32 Å². The number of ether oxygens (including phenoxy) is 1. The molecule has 1 unspecified atom stereocenters. The lowest BCUT2D eigenvalue weighted by Crippen LogP contribution is -2.23. The van der Waals surface area contributed by atoms with Crippen LogP contribution in [0.15, 0.2) is 30.9 Å². The zero-order valence-corrected chi connectivity index (χ0v) is 17.3. The van der Waals surface area contributed by atoms with Gasteiger partial charge in [-0.1, -0.05) is 11.6 Å². The van der Waals surface area contributed by atoms with Crippen LogP contribution in [-0.2, 0) is 22.4 Å². The molecule has 0 aromatic carbocycles. The van der Waals surface area contributed by atoms with Crippen LogP contribution in [0.4, 0.5) is 11.5 Å². The molecule has 4 aromatic rings. The fraction of sp³-hybridized carbons (Fsp3) is 0.300. The average Bonchev–Trinajstić information content (AvgIpc) is 3.35. The Kier molecular flexibility index (Phi) is 4.60. The molecule has 4 aromatic heterocycles. The predicted molar refractivity (Wildman–Crippen MR) is 113 cm³/mol. The van der Waals surface area contributed by atoms with Gasteiger partial charge in [-0.2, -0.15) is 5.10 Å². The number of carbonyl (C=O) groups is 1. The molecule has 0 bridgehead atoms. The second-order valence-electron chi connectivity index (χ2n) is 6.93. The third-order valence-electron chi connectivity index (χ3n) is 5.23. The third kappa shape index (κ3) is 3.12. The lowest BCUT2D eigenvalue weighted by atomic mass is 9.88. The molecule has 1 aliphatic rings. The van der Waals surface area contributed by atoms with Crippen LogP contribution in [0, 0.1) is 5.92 Å². The summed E-state index contributed by atoms with van der Waals surface area (Å²) in [5.74, 6) is 0.535. The van der Waals surface area contributed by atoms with E-state index in [1.54, 1.807) is 28.4 Å². The summed E-state index contributed by atoms with van der Waals surface area (Å²) in [7, 11) is 0. The van der Waals surface area contributed by atoms with Gasteiger partial charge in [0.1, 0.15) is 17.0 Å². The summed E-state index contributed by atoms with van der Waals surface area (Å²) in [4.78, 5) is 23.2. The number of aryl methyl sites for hydroxylation is 1. The number of rotatable bonds is 4. The van der Waals surface area contributed by atoms with E-state index in [1.807, 2.05) is 25.3 Å². The van der Waals surface area contributed by atoms with Crippen LogP contribution >= 0.6 is 22.9 Å². The summed E-state index contributed by atoms with van der Waals surface area (Å²) < 4.78 is 6.95. The number of aromatic nitrogens is 4. The maximum absolute atomic E-state index is 12.2. The van der Waals surface area contributed by atoms with Gasteiger partial charge < -0.3 is 10.1 Å². The first-order chi connectivity index (χ1) is 14.2. The summed E-state index contributed by atoms with van der Waals surface area (Å²) in [6.07, 6.45) is 7.39. The number of nitrogens with one attached hydrogen (secondary N) is 1. The normalized spacial score (nSPS) is 16.1. The van der Waals surface area contributed by atoms with Crippen molar-refractivity contribution in [3.8, 4) is 0 Å². The van der Waals surface area contributed by atoms with Crippen molar-refractivity contribution in [1.29, 1.82) is 0 Å². The number of hydrogen-bond acceptors (Lipinski definition) is 7. The zero-order valence-electron chi connectivity index (χ0n) is 15.7. The Hall–Kier alpha value is -2.71. The fourth-order valence-corrected chi connectivity index (χ4v) is 5.38. The SMILES string of the molecule is CCOC(=O)C1CCc2c(sc3ncnc(Nc4ccn5nccc5c4Cl)c23)C1. The van der Waals surface area contributed by atoms with Gasteiger partial charge in [0.15, 0.2) is 0 Å². The summed E-state index contributed by atoms with van der Waals surface area (Å²) in [6, 6.07) is 3.75. The molecule has 1 aliphatic carbocycles. The molecule has 0 aliphatic heterocycles. The van der Waals surface area contributed by atoms with E-state index in [0.717, 1.165) is 40.1 Å². The lowest BCUT2D eigenvalue weighted by Gasteiger charge is -2.20. The van der Waals surface area contributed by atoms with Crippen LogP contribution in [0.3, 0.4) is 0 Å². The Labute approximate surface area is 175 Å². The lowest BCUT2D eigenvalue weighted by molar-refractivity contribution is -0.148. The number of thiophene rings is 1. The Morgan fingerprint density at radius 3 is 3.17 bits per heavy atom. The minimum atomic E-state index is -0.110. The molecule has 7 nitrogen and oxygen atoms in total.